The van der Waals surface area contributed by atoms with Crippen molar-refractivity contribution in [1.29, 1.82) is 0 Å². The Morgan fingerprint density at radius 1 is 1.45 bits per heavy atom. The van der Waals surface area contributed by atoms with Crippen LogP contribution in [-0.4, -0.2) is 28.6 Å². The van der Waals surface area contributed by atoms with Gasteiger partial charge in [-0.2, -0.15) is 0 Å². The fourth-order valence-corrected chi connectivity index (χ4v) is 2.54. The second-order valence-corrected chi connectivity index (χ2v) is 4.97. The zero-order valence-electron chi connectivity index (χ0n) is 11.2. The number of aryl methyl sites for hydroxylation is 1. The molecule has 0 spiro atoms. The number of aromatic nitrogens is 2. The summed E-state index contributed by atoms with van der Waals surface area (Å²) in [4.78, 5) is 8.97. The van der Waals surface area contributed by atoms with Crippen LogP contribution in [0.1, 0.15) is 12.2 Å². The molecule has 1 aliphatic rings. The first-order valence-electron chi connectivity index (χ1n) is 6.38. The van der Waals surface area contributed by atoms with E-state index in [2.05, 4.69) is 20.6 Å². The van der Waals surface area contributed by atoms with Crippen LogP contribution < -0.4 is 10.6 Å². The summed E-state index contributed by atoms with van der Waals surface area (Å²) in [7, 11) is 1.98. The molecule has 7 heteroatoms. The maximum Gasteiger partial charge on any atom is 0.191 e. The first kappa shape index (κ1) is 15.4. The SMILES string of the molecule is Cn1c(CNC2=NCCCN2)nc2cccc(Cl)c21.I. The van der Waals surface area contributed by atoms with E-state index in [0.717, 1.165) is 47.4 Å². The largest absolute Gasteiger partial charge is 0.356 e. The third-order valence-electron chi connectivity index (χ3n) is 3.25. The van der Waals surface area contributed by atoms with Gasteiger partial charge in [0.25, 0.3) is 0 Å². The number of halogens is 2. The predicted octanol–water partition coefficient (Wildman–Crippen LogP) is 2.28. The Morgan fingerprint density at radius 3 is 3.00 bits per heavy atom. The lowest BCUT2D eigenvalue weighted by Crippen LogP contribution is -2.40. The molecule has 0 fully saturated rings. The summed E-state index contributed by atoms with van der Waals surface area (Å²) >= 11 is 6.21. The Hall–Kier alpha value is -1.02. The number of nitrogens with zero attached hydrogens (tertiary/aromatic N) is 3. The molecule has 2 N–H and O–H groups in total. The van der Waals surface area contributed by atoms with Gasteiger partial charge in [-0.05, 0) is 18.6 Å². The summed E-state index contributed by atoms with van der Waals surface area (Å²) in [6.45, 7) is 2.48. The first-order chi connectivity index (χ1) is 9.25. The van der Waals surface area contributed by atoms with Crippen LogP contribution in [0.2, 0.25) is 5.02 Å². The second kappa shape index (κ2) is 6.62. The molecule has 3 rings (SSSR count). The summed E-state index contributed by atoms with van der Waals surface area (Å²) < 4.78 is 2.02. The van der Waals surface area contributed by atoms with Crippen LogP contribution in [0.15, 0.2) is 23.2 Å². The van der Waals surface area contributed by atoms with Crippen molar-refractivity contribution < 1.29 is 0 Å². The van der Waals surface area contributed by atoms with Crippen LogP contribution in [0.3, 0.4) is 0 Å². The topological polar surface area (TPSA) is 54.2 Å². The fraction of sp³-hybridized carbons (Fsp3) is 0.385. The van der Waals surface area contributed by atoms with Crippen molar-refractivity contribution in [2.24, 2.45) is 12.0 Å². The van der Waals surface area contributed by atoms with Crippen LogP contribution in [0.5, 0.6) is 0 Å². The molecular formula is C13H17ClIN5. The number of aliphatic imine (C=N–C) groups is 1. The van der Waals surface area contributed by atoms with Gasteiger partial charge in [0.1, 0.15) is 5.82 Å². The summed E-state index contributed by atoms with van der Waals surface area (Å²) in [6.07, 6.45) is 1.09. The standard InChI is InChI=1S/C13H16ClN5.HI/c1-19-11(8-17-13-15-6-3-7-16-13)18-10-5-2-4-9(14)12(10)19;/h2,4-5H,3,6-8H2,1H3,(H2,15,16,17);1H. The van der Waals surface area contributed by atoms with Crippen molar-refractivity contribution in [2.75, 3.05) is 13.1 Å². The van der Waals surface area contributed by atoms with Gasteiger partial charge >= 0.3 is 0 Å². The maximum atomic E-state index is 6.21. The number of rotatable bonds is 2. The van der Waals surface area contributed by atoms with Gasteiger partial charge < -0.3 is 15.2 Å². The third kappa shape index (κ3) is 3.01. The average Bonchev–Trinajstić information content (AvgIpc) is 2.76. The molecule has 1 aliphatic heterocycles. The number of imidazole rings is 1. The van der Waals surface area contributed by atoms with Gasteiger partial charge in [-0.15, -0.1) is 24.0 Å². The van der Waals surface area contributed by atoms with E-state index in [1.807, 2.05) is 29.8 Å². The zero-order chi connectivity index (χ0) is 13.2. The molecule has 0 radical (unpaired) electrons. The lowest BCUT2D eigenvalue weighted by molar-refractivity contribution is 0.683. The summed E-state index contributed by atoms with van der Waals surface area (Å²) in [6, 6.07) is 5.78. The molecule has 0 saturated carbocycles. The molecule has 1 aromatic heterocycles. The Morgan fingerprint density at radius 2 is 2.30 bits per heavy atom. The molecule has 0 unspecified atom stereocenters. The summed E-state index contributed by atoms with van der Waals surface area (Å²) in [5.74, 6) is 1.79. The minimum atomic E-state index is 0. The highest BCUT2D eigenvalue weighted by Gasteiger charge is 2.11. The Labute approximate surface area is 139 Å². The lowest BCUT2D eigenvalue weighted by Gasteiger charge is -2.15. The normalized spacial score (nSPS) is 14.4. The highest BCUT2D eigenvalue weighted by Crippen LogP contribution is 2.23. The molecule has 2 heterocycles. The van der Waals surface area contributed by atoms with Gasteiger partial charge in [-0.3, -0.25) is 4.99 Å². The Balaban J connectivity index is 0.00000147. The van der Waals surface area contributed by atoms with Crippen molar-refractivity contribution in [2.45, 2.75) is 13.0 Å². The van der Waals surface area contributed by atoms with Crippen LogP contribution in [-0.2, 0) is 13.6 Å². The average molecular weight is 406 g/mol. The van der Waals surface area contributed by atoms with Crippen LogP contribution in [0, 0.1) is 0 Å². The molecule has 2 aromatic rings. The molecule has 0 atom stereocenters. The van der Waals surface area contributed by atoms with Gasteiger partial charge in [0.2, 0.25) is 0 Å². The molecule has 5 nitrogen and oxygen atoms in total. The van der Waals surface area contributed by atoms with Gasteiger partial charge in [0.15, 0.2) is 5.96 Å². The highest BCUT2D eigenvalue weighted by atomic mass is 127. The monoisotopic (exact) mass is 405 g/mol. The quantitative estimate of drug-likeness (QED) is 0.754. The molecule has 108 valence electrons. The van der Waals surface area contributed by atoms with E-state index in [4.69, 9.17) is 11.6 Å². The maximum absolute atomic E-state index is 6.21. The molecule has 0 amide bonds. The lowest BCUT2D eigenvalue weighted by atomic mass is 10.3. The van der Waals surface area contributed by atoms with Crippen molar-refractivity contribution in [3.05, 3.63) is 29.0 Å². The molecule has 20 heavy (non-hydrogen) atoms. The van der Waals surface area contributed by atoms with Gasteiger partial charge in [0.05, 0.1) is 22.6 Å². The molecule has 0 saturated heterocycles. The van der Waals surface area contributed by atoms with Crippen molar-refractivity contribution in [1.82, 2.24) is 20.2 Å². The van der Waals surface area contributed by atoms with Crippen LogP contribution >= 0.6 is 35.6 Å². The number of fused-ring (bicyclic) bond motifs is 1. The molecular weight excluding hydrogens is 389 g/mol. The van der Waals surface area contributed by atoms with E-state index in [9.17, 15) is 0 Å². The number of hydrogen-bond donors (Lipinski definition) is 2. The third-order valence-corrected chi connectivity index (χ3v) is 3.55. The molecule has 1 aromatic carbocycles. The van der Waals surface area contributed by atoms with Crippen molar-refractivity contribution in [3.63, 3.8) is 0 Å². The second-order valence-electron chi connectivity index (χ2n) is 4.56. The van der Waals surface area contributed by atoms with E-state index < -0.39 is 0 Å². The van der Waals surface area contributed by atoms with E-state index in [1.165, 1.54) is 0 Å². The highest BCUT2D eigenvalue weighted by molar-refractivity contribution is 14.0. The molecule has 0 bridgehead atoms. The minimum Gasteiger partial charge on any atom is -0.356 e. The molecule has 0 aliphatic carbocycles. The number of nitrogens with one attached hydrogen (secondary N) is 2. The summed E-state index contributed by atoms with van der Waals surface area (Å²) in [5, 5.41) is 7.23. The van der Waals surface area contributed by atoms with Crippen molar-refractivity contribution >= 4 is 52.6 Å². The van der Waals surface area contributed by atoms with Crippen LogP contribution in [0.4, 0.5) is 0 Å². The number of para-hydroxylation sites is 1. The predicted molar refractivity (Wildman–Crippen MR) is 92.9 cm³/mol. The smallest absolute Gasteiger partial charge is 0.191 e. The number of guanidine groups is 1. The minimum absolute atomic E-state index is 0. The van der Waals surface area contributed by atoms with E-state index >= 15 is 0 Å². The van der Waals surface area contributed by atoms with Gasteiger partial charge in [-0.25, -0.2) is 4.98 Å². The van der Waals surface area contributed by atoms with Gasteiger partial charge in [0, 0.05) is 20.1 Å². The van der Waals surface area contributed by atoms with E-state index in [0.29, 0.717) is 6.54 Å². The number of benzene rings is 1. The van der Waals surface area contributed by atoms with Crippen molar-refractivity contribution in [3.8, 4) is 0 Å². The fourth-order valence-electron chi connectivity index (χ4n) is 2.24. The first-order valence-corrected chi connectivity index (χ1v) is 6.75. The summed E-state index contributed by atoms with van der Waals surface area (Å²) in [5.41, 5.74) is 1.89. The van der Waals surface area contributed by atoms with Gasteiger partial charge in [-0.1, -0.05) is 17.7 Å². The Kier molecular flexibility index (Phi) is 5.09. The van der Waals surface area contributed by atoms with E-state index in [-0.39, 0.29) is 24.0 Å². The zero-order valence-corrected chi connectivity index (χ0v) is 14.3. The van der Waals surface area contributed by atoms with Crippen LogP contribution in [0.25, 0.3) is 11.0 Å². The van der Waals surface area contributed by atoms with E-state index in [1.54, 1.807) is 0 Å². The number of hydrogen-bond acceptors (Lipinski definition) is 4. The Bertz CT molecular complexity index is 637.